The molecular weight excluding hydrogens is 464 g/mol. The fraction of sp³-hybridized carbons (Fsp3) is 0.148. The third-order valence-corrected chi connectivity index (χ3v) is 5.72. The molecule has 2 amide bonds. The van der Waals surface area contributed by atoms with Crippen molar-refractivity contribution in [1.29, 1.82) is 0 Å². The molecule has 0 atom stereocenters. The van der Waals surface area contributed by atoms with Crippen LogP contribution in [-0.4, -0.2) is 37.3 Å². The van der Waals surface area contributed by atoms with Gasteiger partial charge in [0.05, 0.1) is 19.5 Å². The quantitative estimate of drug-likeness (QED) is 0.242. The van der Waals surface area contributed by atoms with Gasteiger partial charge < -0.3 is 20.1 Å². The summed E-state index contributed by atoms with van der Waals surface area (Å²) in [6.07, 6.45) is 1.60. The number of anilines is 1. The van der Waals surface area contributed by atoms with Crippen LogP contribution >= 0.6 is 11.8 Å². The van der Waals surface area contributed by atoms with Crippen LogP contribution in [0.4, 0.5) is 5.69 Å². The molecule has 0 aromatic heterocycles. The summed E-state index contributed by atoms with van der Waals surface area (Å²) in [7, 11) is 1.57. The molecular formula is C27H26N2O5S. The maximum absolute atomic E-state index is 13.1. The Balaban J connectivity index is 1.74. The van der Waals surface area contributed by atoms with E-state index >= 15 is 0 Å². The molecule has 0 saturated carbocycles. The maximum Gasteiger partial charge on any atom is 0.316 e. The average molecular weight is 491 g/mol. The number of methoxy groups -OCH3 is 1. The number of amides is 2. The van der Waals surface area contributed by atoms with Gasteiger partial charge in [-0.25, -0.2) is 0 Å². The summed E-state index contributed by atoms with van der Waals surface area (Å²) in [5.74, 6) is -0.261. The molecule has 3 aromatic carbocycles. The first-order valence-electron chi connectivity index (χ1n) is 10.9. The number of benzene rings is 3. The first-order chi connectivity index (χ1) is 17.0. The van der Waals surface area contributed by atoms with E-state index in [9.17, 15) is 14.4 Å². The number of carbonyl (C=O) groups is 3. The predicted molar refractivity (Wildman–Crippen MR) is 137 cm³/mol. The highest BCUT2D eigenvalue weighted by Gasteiger charge is 2.15. The van der Waals surface area contributed by atoms with Gasteiger partial charge in [-0.3, -0.25) is 14.4 Å². The van der Waals surface area contributed by atoms with Crippen LogP contribution in [0.5, 0.6) is 5.75 Å². The van der Waals surface area contributed by atoms with E-state index in [0.29, 0.717) is 23.6 Å². The molecule has 0 aliphatic carbocycles. The lowest BCUT2D eigenvalue weighted by molar-refractivity contribution is -0.139. The fourth-order valence-electron chi connectivity index (χ4n) is 2.99. The van der Waals surface area contributed by atoms with Crippen LogP contribution in [-0.2, 0) is 14.3 Å². The van der Waals surface area contributed by atoms with E-state index in [-0.39, 0.29) is 17.4 Å². The zero-order valence-electron chi connectivity index (χ0n) is 19.4. The molecule has 0 bridgehead atoms. The molecule has 0 fully saturated rings. The van der Waals surface area contributed by atoms with Crippen molar-refractivity contribution in [1.82, 2.24) is 5.32 Å². The number of nitrogens with one attached hydrogen (secondary N) is 2. The molecule has 0 unspecified atom stereocenters. The molecule has 0 heterocycles. The zero-order chi connectivity index (χ0) is 25.0. The lowest BCUT2D eigenvalue weighted by Gasteiger charge is -2.12. The summed E-state index contributed by atoms with van der Waals surface area (Å²) in [4.78, 5) is 38.2. The summed E-state index contributed by atoms with van der Waals surface area (Å²) >= 11 is 1.35. The van der Waals surface area contributed by atoms with Gasteiger partial charge in [0.15, 0.2) is 0 Å². The summed E-state index contributed by atoms with van der Waals surface area (Å²) in [6.45, 7) is 2.11. The minimum atomic E-state index is -0.475. The van der Waals surface area contributed by atoms with Crippen molar-refractivity contribution in [3.05, 3.63) is 95.7 Å². The summed E-state index contributed by atoms with van der Waals surface area (Å²) < 4.78 is 10.1. The molecule has 2 N–H and O–H groups in total. The molecule has 180 valence electrons. The molecule has 35 heavy (non-hydrogen) atoms. The minimum Gasteiger partial charge on any atom is -0.497 e. The molecule has 0 aliphatic rings. The highest BCUT2D eigenvalue weighted by Crippen LogP contribution is 2.21. The van der Waals surface area contributed by atoms with Crippen molar-refractivity contribution < 1.29 is 23.9 Å². The van der Waals surface area contributed by atoms with Crippen molar-refractivity contribution in [3.63, 3.8) is 0 Å². The number of thioether (sulfide) groups is 1. The van der Waals surface area contributed by atoms with Gasteiger partial charge in [-0.15, -0.1) is 11.8 Å². The Labute approximate surface area is 208 Å². The number of esters is 1. The Morgan fingerprint density at radius 1 is 0.914 bits per heavy atom. The highest BCUT2D eigenvalue weighted by atomic mass is 32.2. The molecule has 8 heteroatoms. The van der Waals surface area contributed by atoms with Gasteiger partial charge in [-0.1, -0.05) is 30.3 Å². The molecule has 0 aliphatic heterocycles. The van der Waals surface area contributed by atoms with E-state index < -0.39 is 11.8 Å². The van der Waals surface area contributed by atoms with Crippen molar-refractivity contribution >= 4 is 41.3 Å². The van der Waals surface area contributed by atoms with Crippen LogP contribution in [0, 0.1) is 0 Å². The van der Waals surface area contributed by atoms with Gasteiger partial charge >= 0.3 is 5.97 Å². The smallest absolute Gasteiger partial charge is 0.316 e. The second-order valence-corrected chi connectivity index (χ2v) is 8.27. The number of hydrogen-bond donors (Lipinski definition) is 2. The van der Waals surface area contributed by atoms with Crippen LogP contribution in [0.15, 0.2) is 89.5 Å². The Hall–Kier alpha value is -4.04. The molecule has 3 rings (SSSR count). The van der Waals surface area contributed by atoms with Crippen LogP contribution in [0.1, 0.15) is 22.8 Å². The molecule has 7 nitrogen and oxygen atoms in total. The molecule has 0 spiro atoms. The molecule has 0 radical (unpaired) electrons. The zero-order valence-corrected chi connectivity index (χ0v) is 20.3. The Kier molecular flexibility index (Phi) is 9.50. The van der Waals surface area contributed by atoms with Crippen LogP contribution < -0.4 is 15.4 Å². The van der Waals surface area contributed by atoms with Gasteiger partial charge in [-0.2, -0.15) is 0 Å². The van der Waals surface area contributed by atoms with Crippen molar-refractivity contribution in [2.45, 2.75) is 11.8 Å². The van der Waals surface area contributed by atoms with Crippen LogP contribution in [0.25, 0.3) is 6.08 Å². The average Bonchev–Trinajstić information content (AvgIpc) is 2.89. The van der Waals surface area contributed by atoms with E-state index in [1.807, 2.05) is 6.07 Å². The molecule has 0 saturated heterocycles. The van der Waals surface area contributed by atoms with Crippen molar-refractivity contribution in [2.24, 2.45) is 0 Å². The SMILES string of the molecule is CCOC(=O)CSc1ccc(NC(=O)/C(=C/c2ccc(OC)cc2)NC(=O)c2ccccc2)cc1. The summed E-state index contributed by atoms with van der Waals surface area (Å²) in [6, 6.07) is 22.8. The second-order valence-electron chi connectivity index (χ2n) is 7.22. The predicted octanol–water partition coefficient (Wildman–Crippen LogP) is 4.76. The minimum absolute atomic E-state index is 0.0878. The monoisotopic (exact) mass is 490 g/mol. The Morgan fingerprint density at radius 3 is 2.23 bits per heavy atom. The van der Waals surface area contributed by atoms with Crippen LogP contribution in [0.2, 0.25) is 0 Å². The van der Waals surface area contributed by atoms with Gasteiger partial charge in [0, 0.05) is 16.1 Å². The highest BCUT2D eigenvalue weighted by molar-refractivity contribution is 8.00. The van der Waals surface area contributed by atoms with E-state index in [1.165, 1.54) is 11.8 Å². The fourth-order valence-corrected chi connectivity index (χ4v) is 3.68. The Morgan fingerprint density at radius 2 is 1.60 bits per heavy atom. The second kappa shape index (κ2) is 13.0. The van der Waals surface area contributed by atoms with Gasteiger partial charge in [0.25, 0.3) is 11.8 Å². The number of hydrogen-bond acceptors (Lipinski definition) is 6. The number of rotatable bonds is 10. The van der Waals surface area contributed by atoms with Crippen molar-refractivity contribution in [3.8, 4) is 5.75 Å². The first kappa shape index (κ1) is 25.6. The third kappa shape index (κ3) is 8.04. The normalized spacial score (nSPS) is 10.9. The lowest BCUT2D eigenvalue weighted by atomic mass is 10.1. The van der Waals surface area contributed by atoms with E-state index in [1.54, 1.807) is 92.9 Å². The van der Waals surface area contributed by atoms with E-state index in [0.717, 1.165) is 10.5 Å². The van der Waals surface area contributed by atoms with Crippen LogP contribution in [0.3, 0.4) is 0 Å². The molecule has 3 aromatic rings. The summed E-state index contributed by atoms with van der Waals surface area (Å²) in [5, 5.41) is 5.52. The third-order valence-electron chi connectivity index (χ3n) is 4.73. The number of carbonyl (C=O) groups excluding carboxylic acids is 3. The summed E-state index contributed by atoms with van der Waals surface area (Å²) in [5.41, 5.74) is 1.79. The Bertz CT molecular complexity index is 1180. The van der Waals surface area contributed by atoms with Gasteiger partial charge in [0.2, 0.25) is 0 Å². The topological polar surface area (TPSA) is 93.7 Å². The first-order valence-corrected chi connectivity index (χ1v) is 11.9. The van der Waals surface area contributed by atoms with E-state index in [2.05, 4.69) is 10.6 Å². The van der Waals surface area contributed by atoms with Gasteiger partial charge in [0.1, 0.15) is 11.4 Å². The maximum atomic E-state index is 13.1. The largest absolute Gasteiger partial charge is 0.497 e. The van der Waals surface area contributed by atoms with E-state index in [4.69, 9.17) is 9.47 Å². The van der Waals surface area contributed by atoms with Crippen molar-refractivity contribution in [2.75, 3.05) is 24.8 Å². The lowest BCUT2D eigenvalue weighted by Crippen LogP contribution is -2.30. The van der Waals surface area contributed by atoms with Gasteiger partial charge in [-0.05, 0) is 67.1 Å². The number of ether oxygens (including phenoxy) is 2. The standard InChI is InChI=1S/C27H26N2O5S/c1-3-34-25(30)18-35-23-15-11-21(12-16-23)28-27(32)24(17-19-9-13-22(33-2)14-10-19)29-26(31)20-7-5-4-6-8-20/h4-17H,3,18H2,1-2H3,(H,28,32)(H,29,31)/b24-17-.